The first kappa shape index (κ1) is 27.4. The number of likely N-dealkylation sites (N-methyl/N-ethyl adjacent to an activating group) is 1. The summed E-state index contributed by atoms with van der Waals surface area (Å²) in [4.78, 5) is 24.5. The van der Waals surface area contributed by atoms with Crippen LogP contribution in [0.2, 0.25) is 5.02 Å². The van der Waals surface area contributed by atoms with E-state index in [1.165, 1.54) is 49.6 Å². The van der Waals surface area contributed by atoms with Crippen molar-refractivity contribution in [2.75, 3.05) is 20.3 Å². The van der Waals surface area contributed by atoms with E-state index in [0.29, 0.717) is 17.7 Å². The van der Waals surface area contributed by atoms with E-state index in [1.54, 1.807) is 20.8 Å². The van der Waals surface area contributed by atoms with Gasteiger partial charge in [0.1, 0.15) is 6.04 Å². The molecule has 0 aliphatic carbocycles. The molecule has 9 heteroatoms. The molecule has 0 heterocycles. The summed E-state index contributed by atoms with van der Waals surface area (Å²) in [6.45, 7) is 5.64. The highest BCUT2D eigenvalue weighted by molar-refractivity contribution is 6.31. The van der Waals surface area contributed by atoms with Crippen molar-refractivity contribution in [2.45, 2.75) is 38.9 Å². The van der Waals surface area contributed by atoms with Crippen LogP contribution in [0.5, 0.6) is 0 Å². The number of halogens is 4. The van der Waals surface area contributed by atoms with E-state index < -0.39 is 24.0 Å². The highest BCUT2D eigenvalue weighted by Crippen LogP contribution is 2.38. The first-order valence-electron chi connectivity index (χ1n) is 10.7. The van der Waals surface area contributed by atoms with Gasteiger partial charge in [-0.15, -0.1) is 0 Å². The van der Waals surface area contributed by atoms with Gasteiger partial charge in [0.05, 0.1) is 12.5 Å². The number of hydrogen-bond donors (Lipinski definition) is 2. The van der Waals surface area contributed by atoms with Gasteiger partial charge in [-0.3, -0.25) is 9.59 Å². The summed E-state index contributed by atoms with van der Waals surface area (Å²) in [6.07, 6.45) is -2.08. The highest BCUT2D eigenvalue weighted by atomic mass is 35.5. The summed E-state index contributed by atoms with van der Waals surface area (Å²) < 4.78 is 46.3. The molecule has 2 amide bonds. The molecule has 0 radical (unpaired) electrons. The second-order valence-electron chi connectivity index (χ2n) is 7.82. The monoisotopic (exact) mass is 496 g/mol. The zero-order valence-electron chi connectivity index (χ0n) is 19.4. The van der Waals surface area contributed by atoms with Crippen LogP contribution < -0.4 is 10.6 Å². The second-order valence-corrected chi connectivity index (χ2v) is 8.23. The van der Waals surface area contributed by atoms with Gasteiger partial charge in [0.25, 0.3) is 5.91 Å². The van der Waals surface area contributed by atoms with Gasteiger partial charge < -0.3 is 15.4 Å². The maximum atomic E-state index is 13.8. The average molecular weight is 497 g/mol. The number of carbonyl (C=O) groups excluding carboxylic acids is 2. The number of methoxy groups -OCH3 is 1. The average Bonchev–Trinajstić information content (AvgIpc) is 2.76. The molecular weight excluding hydrogens is 469 g/mol. The smallest absolute Gasteiger partial charge is 0.382 e. The minimum absolute atomic E-state index is 0.000271. The minimum atomic E-state index is -4.50. The van der Waals surface area contributed by atoms with Crippen LogP contribution in [-0.4, -0.2) is 44.3 Å². The summed E-state index contributed by atoms with van der Waals surface area (Å²) in [6, 6.07) is 7.98. The van der Waals surface area contributed by atoms with Crippen LogP contribution in [0, 0.1) is 13.8 Å². The van der Waals surface area contributed by atoms with E-state index >= 15 is 0 Å². The number of benzene rings is 2. The summed E-state index contributed by atoms with van der Waals surface area (Å²) in [5.74, 6) is -2.71. The Morgan fingerprint density at radius 2 is 1.79 bits per heavy atom. The van der Waals surface area contributed by atoms with Gasteiger partial charge >= 0.3 is 6.18 Å². The second kappa shape index (κ2) is 12.0. The van der Waals surface area contributed by atoms with Crippen LogP contribution in [-0.2, 0) is 9.53 Å². The summed E-state index contributed by atoms with van der Waals surface area (Å²) >= 11 is 6.11. The lowest BCUT2D eigenvalue weighted by Crippen LogP contribution is -2.49. The topological polar surface area (TPSA) is 67.4 Å². The summed E-state index contributed by atoms with van der Waals surface area (Å²) in [5.41, 5.74) is 2.22. The fourth-order valence-corrected chi connectivity index (χ4v) is 3.55. The molecule has 0 aliphatic heterocycles. The molecule has 0 spiro atoms. The molecule has 2 aromatic rings. The third-order valence-electron chi connectivity index (χ3n) is 5.30. The lowest BCUT2D eigenvalue weighted by Gasteiger charge is -2.19. The van der Waals surface area contributed by atoms with Crippen LogP contribution in [0.25, 0.3) is 6.08 Å². The van der Waals surface area contributed by atoms with Gasteiger partial charge in [-0.25, -0.2) is 0 Å². The number of rotatable bonds is 9. The van der Waals surface area contributed by atoms with E-state index in [4.69, 9.17) is 16.3 Å². The van der Waals surface area contributed by atoms with E-state index in [2.05, 4.69) is 10.6 Å². The maximum absolute atomic E-state index is 13.8. The fourth-order valence-electron chi connectivity index (χ4n) is 3.27. The molecule has 184 valence electrons. The molecule has 0 aromatic heterocycles. The predicted octanol–water partition coefficient (Wildman–Crippen LogP) is 5.20. The Balaban J connectivity index is 2.20. The third-order valence-corrected chi connectivity index (χ3v) is 5.69. The quantitative estimate of drug-likeness (QED) is 0.501. The van der Waals surface area contributed by atoms with Crippen molar-refractivity contribution in [3.63, 3.8) is 0 Å². The number of nitrogens with one attached hydrogen (secondary N) is 2. The SMILES string of the molecule is CCNC(=O)C(COC)NC(=O)c1ccc(/C=C/C(c2cc(C)c(C)c(Cl)c2)C(F)(F)F)cc1. The summed E-state index contributed by atoms with van der Waals surface area (Å²) in [5, 5.41) is 5.49. The number of hydrogen-bond acceptors (Lipinski definition) is 3. The molecule has 2 atom stereocenters. The molecule has 2 rings (SSSR count). The van der Waals surface area contributed by atoms with E-state index in [1.807, 2.05) is 0 Å². The van der Waals surface area contributed by atoms with Crippen molar-refractivity contribution < 1.29 is 27.5 Å². The molecule has 0 bridgehead atoms. The van der Waals surface area contributed by atoms with Crippen molar-refractivity contribution in [1.29, 1.82) is 0 Å². The van der Waals surface area contributed by atoms with Crippen molar-refractivity contribution in [2.24, 2.45) is 0 Å². The molecule has 0 fully saturated rings. The zero-order valence-corrected chi connectivity index (χ0v) is 20.2. The van der Waals surface area contributed by atoms with E-state index in [-0.39, 0.29) is 28.7 Å². The van der Waals surface area contributed by atoms with Gasteiger partial charge in [-0.1, -0.05) is 42.0 Å². The molecular formula is C25H28ClF3N2O3. The lowest BCUT2D eigenvalue weighted by atomic mass is 9.94. The molecule has 0 aliphatic rings. The summed E-state index contributed by atoms with van der Waals surface area (Å²) in [7, 11) is 1.42. The number of amides is 2. The molecule has 34 heavy (non-hydrogen) atoms. The Labute approximate surface area is 202 Å². The molecule has 2 N–H and O–H groups in total. The first-order valence-corrected chi connectivity index (χ1v) is 11.0. The van der Waals surface area contributed by atoms with Gasteiger partial charge in [0.2, 0.25) is 5.91 Å². The molecule has 2 aromatic carbocycles. The molecule has 2 unspecified atom stereocenters. The standard InChI is InChI=1S/C25H28ClF3N2O3/c1-5-30-24(33)22(14-34-4)31-23(32)18-9-6-17(7-10-18)8-11-20(25(27,28)29)19-12-15(2)16(3)21(26)13-19/h6-13,20,22H,5,14H2,1-4H3,(H,30,33)(H,31,32)/b11-8+. The largest absolute Gasteiger partial charge is 0.399 e. The predicted molar refractivity (Wildman–Crippen MR) is 127 cm³/mol. The highest BCUT2D eigenvalue weighted by Gasteiger charge is 2.39. The Hall–Kier alpha value is -2.84. The molecule has 0 saturated carbocycles. The van der Waals surface area contributed by atoms with Crippen molar-refractivity contribution in [3.8, 4) is 0 Å². The molecule has 0 saturated heterocycles. The van der Waals surface area contributed by atoms with Crippen LogP contribution in [0.1, 0.15) is 45.5 Å². The molecule has 5 nitrogen and oxygen atoms in total. The number of allylic oxidation sites excluding steroid dienone is 1. The Kier molecular flexibility index (Phi) is 9.70. The maximum Gasteiger partial charge on any atom is 0.399 e. The Bertz CT molecular complexity index is 1010. The van der Waals surface area contributed by atoms with E-state index in [0.717, 1.165) is 11.6 Å². The Morgan fingerprint density at radius 3 is 2.32 bits per heavy atom. The minimum Gasteiger partial charge on any atom is -0.382 e. The van der Waals surface area contributed by atoms with Crippen LogP contribution in [0.15, 0.2) is 42.5 Å². The van der Waals surface area contributed by atoms with Crippen molar-refractivity contribution >= 4 is 29.5 Å². The lowest BCUT2D eigenvalue weighted by molar-refractivity contribution is -0.139. The van der Waals surface area contributed by atoms with E-state index in [9.17, 15) is 22.8 Å². The zero-order chi connectivity index (χ0) is 25.5. The fraction of sp³-hybridized carbons (Fsp3) is 0.360. The van der Waals surface area contributed by atoms with Gasteiger partial charge in [0.15, 0.2) is 0 Å². The first-order chi connectivity index (χ1) is 16.0. The van der Waals surface area contributed by atoms with Gasteiger partial charge in [-0.05, 0) is 61.2 Å². The van der Waals surface area contributed by atoms with Crippen LogP contribution in [0.3, 0.4) is 0 Å². The normalized spacial score (nSPS) is 13.5. The van der Waals surface area contributed by atoms with Crippen LogP contribution in [0.4, 0.5) is 13.2 Å². The van der Waals surface area contributed by atoms with Gasteiger partial charge in [0, 0.05) is 24.2 Å². The third kappa shape index (κ3) is 7.33. The Morgan fingerprint density at radius 1 is 1.15 bits per heavy atom. The van der Waals surface area contributed by atoms with Gasteiger partial charge in [-0.2, -0.15) is 13.2 Å². The van der Waals surface area contributed by atoms with Crippen LogP contribution >= 0.6 is 11.6 Å². The number of ether oxygens (including phenoxy) is 1. The number of carbonyl (C=O) groups is 2. The number of aryl methyl sites for hydroxylation is 1. The van der Waals surface area contributed by atoms with Crippen molar-refractivity contribution in [1.82, 2.24) is 10.6 Å². The number of alkyl halides is 3. The van der Waals surface area contributed by atoms with Crippen molar-refractivity contribution in [3.05, 3.63) is 75.3 Å².